The Balaban J connectivity index is 2.01. The standard InChI is InChI=1S/C12H14F3NO/c13-12(14,15)6-8-17-10-5-1-3-9-4-2-7-16-11(9)10/h1,3,5,16H,2,4,6-8H2. The summed E-state index contributed by atoms with van der Waals surface area (Å²) in [6.45, 7) is 0.508. The van der Waals surface area contributed by atoms with Crippen molar-refractivity contribution in [2.75, 3.05) is 18.5 Å². The maximum Gasteiger partial charge on any atom is 0.392 e. The zero-order chi connectivity index (χ0) is 12.3. The second-order valence-corrected chi connectivity index (χ2v) is 4.03. The van der Waals surface area contributed by atoms with Crippen molar-refractivity contribution in [3.05, 3.63) is 23.8 Å². The summed E-state index contributed by atoms with van der Waals surface area (Å²) >= 11 is 0. The molecule has 1 N–H and O–H groups in total. The number of hydrogen-bond acceptors (Lipinski definition) is 2. The molecule has 94 valence electrons. The molecule has 2 nitrogen and oxygen atoms in total. The number of fused-ring (bicyclic) bond motifs is 1. The van der Waals surface area contributed by atoms with Crippen LogP contribution in [0.2, 0.25) is 0 Å². The molecule has 1 aliphatic heterocycles. The Kier molecular flexibility index (Phi) is 3.45. The first-order chi connectivity index (χ1) is 8.06. The fourth-order valence-electron chi connectivity index (χ4n) is 1.87. The Morgan fingerprint density at radius 1 is 1.29 bits per heavy atom. The van der Waals surface area contributed by atoms with Crippen molar-refractivity contribution in [3.8, 4) is 5.75 Å². The molecular weight excluding hydrogens is 231 g/mol. The number of para-hydroxylation sites is 1. The zero-order valence-electron chi connectivity index (χ0n) is 9.31. The Morgan fingerprint density at radius 3 is 2.88 bits per heavy atom. The summed E-state index contributed by atoms with van der Waals surface area (Å²) in [6.07, 6.45) is -3.10. The quantitative estimate of drug-likeness (QED) is 0.881. The molecule has 0 amide bonds. The van der Waals surface area contributed by atoms with Gasteiger partial charge in [0, 0.05) is 6.54 Å². The number of rotatable bonds is 3. The first-order valence-electron chi connectivity index (χ1n) is 5.61. The summed E-state index contributed by atoms with van der Waals surface area (Å²) in [6, 6.07) is 5.49. The van der Waals surface area contributed by atoms with E-state index in [9.17, 15) is 13.2 Å². The maximum atomic E-state index is 12.0. The molecule has 0 aliphatic carbocycles. The van der Waals surface area contributed by atoms with Gasteiger partial charge in [-0.2, -0.15) is 13.2 Å². The molecule has 0 unspecified atom stereocenters. The van der Waals surface area contributed by atoms with E-state index in [1.807, 2.05) is 12.1 Å². The molecular formula is C12H14F3NO. The van der Waals surface area contributed by atoms with Gasteiger partial charge in [0.2, 0.25) is 0 Å². The molecule has 0 atom stereocenters. The molecule has 5 heteroatoms. The number of halogens is 3. The van der Waals surface area contributed by atoms with Crippen molar-refractivity contribution in [1.82, 2.24) is 0 Å². The van der Waals surface area contributed by atoms with Crippen LogP contribution in [0.5, 0.6) is 5.75 Å². The minimum atomic E-state index is -4.16. The average Bonchev–Trinajstić information content (AvgIpc) is 2.28. The number of ether oxygens (including phenoxy) is 1. The molecule has 2 rings (SSSR count). The molecule has 0 radical (unpaired) electrons. The van der Waals surface area contributed by atoms with E-state index in [4.69, 9.17) is 4.74 Å². The number of aryl methyl sites for hydroxylation is 1. The average molecular weight is 245 g/mol. The molecule has 1 aliphatic rings. The topological polar surface area (TPSA) is 21.3 Å². The molecule has 0 bridgehead atoms. The van der Waals surface area contributed by atoms with Gasteiger partial charge in [0.15, 0.2) is 0 Å². The van der Waals surface area contributed by atoms with Crippen LogP contribution in [0.1, 0.15) is 18.4 Å². The van der Waals surface area contributed by atoms with Gasteiger partial charge in [0.25, 0.3) is 0 Å². The van der Waals surface area contributed by atoms with Crippen LogP contribution in [0.15, 0.2) is 18.2 Å². The summed E-state index contributed by atoms with van der Waals surface area (Å²) in [4.78, 5) is 0. The van der Waals surface area contributed by atoms with Crippen LogP contribution in [0.4, 0.5) is 18.9 Å². The first-order valence-corrected chi connectivity index (χ1v) is 5.61. The Labute approximate surface area is 97.8 Å². The lowest BCUT2D eigenvalue weighted by atomic mass is 10.0. The van der Waals surface area contributed by atoms with E-state index in [0.29, 0.717) is 5.75 Å². The van der Waals surface area contributed by atoms with E-state index in [-0.39, 0.29) is 6.61 Å². The van der Waals surface area contributed by atoms with Crippen molar-refractivity contribution in [3.63, 3.8) is 0 Å². The molecule has 0 spiro atoms. The third kappa shape index (κ3) is 3.28. The van der Waals surface area contributed by atoms with Gasteiger partial charge in [0.05, 0.1) is 18.7 Å². The van der Waals surface area contributed by atoms with Gasteiger partial charge >= 0.3 is 6.18 Å². The molecule has 1 heterocycles. The lowest BCUT2D eigenvalue weighted by Crippen LogP contribution is -2.16. The summed E-state index contributed by atoms with van der Waals surface area (Å²) in [5.41, 5.74) is 1.96. The third-order valence-corrected chi connectivity index (χ3v) is 2.68. The fourth-order valence-corrected chi connectivity index (χ4v) is 1.87. The normalized spacial score (nSPS) is 15.0. The highest BCUT2D eigenvalue weighted by Crippen LogP contribution is 2.32. The van der Waals surface area contributed by atoms with E-state index in [1.165, 1.54) is 0 Å². The summed E-state index contributed by atoms with van der Waals surface area (Å²) < 4.78 is 41.2. The van der Waals surface area contributed by atoms with Crippen LogP contribution in [0.25, 0.3) is 0 Å². The van der Waals surface area contributed by atoms with Crippen LogP contribution >= 0.6 is 0 Å². The summed E-state index contributed by atoms with van der Waals surface area (Å²) in [5, 5.41) is 3.17. The second kappa shape index (κ2) is 4.85. The van der Waals surface area contributed by atoms with Gasteiger partial charge < -0.3 is 10.1 Å². The van der Waals surface area contributed by atoms with Crippen LogP contribution in [-0.2, 0) is 6.42 Å². The highest BCUT2D eigenvalue weighted by molar-refractivity contribution is 5.63. The van der Waals surface area contributed by atoms with Gasteiger partial charge in [0.1, 0.15) is 5.75 Å². The summed E-state index contributed by atoms with van der Waals surface area (Å²) in [7, 11) is 0. The van der Waals surface area contributed by atoms with E-state index >= 15 is 0 Å². The van der Waals surface area contributed by atoms with Crippen molar-refractivity contribution in [1.29, 1.82) is 0 Å². The van der Waals surface area contributed by atoms with E-state index < -0.39 is 12.6 Å². The van der Waals surface area contributed by atoms with Crippen LogP contribution in [0.3, 0.4) is 0 Å². The lowest BCUT2D eigenvalue weighted by Gasteiger charge is -2.21. The third-order valence-electron chi connectivity index (χ3n) is 2.68. The minimum absolute atomic E-state index is 0.332. The van der Waals surface area contributed by atoms with Gasteiger partial charge in [-0.3, -0.25) is 0 Å². The second-order valence-electron chi connectivity index (χ2n) is 4.03. The number of hydrogen-bond donors (Lipinski definition) is 1. The molecule has 1 aromatic carbocycles. The van der Waals surface area contributed by atoms with Crippen molar-refractivity contribution in [2.24, 2.45) is 0 Å². The highest BCUT2D eigenvalue weighted by Gasteiger charge is 2.27. The molecule has 0 fully saturated rings. The monoisotopic (exact) mass is 245 g/mol. The molecule has 0 saturated heterocycles. The predicted octanol–water partition coefficient (Wildman–Crippen LogP) is 3.38. The van der Waals surface area contributed by atoms with Crippen LogP contribution in [-0.4, -0.2) is 19.3 Å². The maximum absolute atomic E-state index is 12.0. The fraction of sp³-hybridized carbons (Fsp3) is 0.500. The number of benzene rings is 1. The predicted molar refractivity (Wildman–Crippen MR) is 59.4 cm³/mol. The SMILES string of the molecule is FC(F)(F)CCOc1cccc2c1NCCC2. The van der Waals surface area contributed by atoms with Gasteiger partial charge in [-0.1, -0.05) is 12.1 Å². The van der Waals surface area contributed by atoms with E-state index in [1.54, 1.807) is 6.07 Å². The Hall–Kier alpha value is -1.39. The zero-order valence-corrected chi connectivity index (χ0v) is 9.31. The van der Waals surface area contributed by atoms with Crippen LogP contribution in [0, 0.1) is 0 Å². The Bertz CT molecular complexity index is 390. The van der Waals surface area contributed by atoms with Crippen LogP contribution < -0.4 is 10.1 Å². The number of nitrogens with one attached hydrogen (secondary N) is 1. The van der Waals surface area contributed by atoms with E-state index in [0.717, 1.165) is 30.6 Å². The van der Waals surface area contributed by atoms with Crippen molar-refractivity contribution in [2.45, 2.75) is 25.4 Å². The van der Waals surface area contributed by atoms with Gasteiger partial charge in [-0.15, -0.1) is 0 Å². The molecule has 0 saturated carbocycles. The largest absolute Gasteiger partial charge is 0.491 e. The van der Waals surface area contributed by atoms with Gasteiger partial charge in [-0.05, 0) is 24.5 Å². The molecule has 17 heavy (non-hydrogen) atoms. The number of anilines is 1. The lowest BCUT2D eigenvalue weighted by molar-refractivity contribution is -0.139. The first kappa shape index (κ1) is 12.1. The van der Waals surface area contributed by atoms with Crippen molar-refractivity contribution >= 4 is 5.69 Å². The smallest absolute Gasteiger partial charge is 0.392 e. The van der Waals surface area contributed by atoms with Gasteiger partial charge in [-0.25, -0.2) is 0 Å². The molecule has 0 aromatic heterocycles. The minimum Gasteiger partial charge on any atom is -0.491 e. The Morgan fingerprint density at radius 2 is 2.12 bits per heavy atom. The number of alkyl halides is 3. The highest BCUT2D eigenvalue weighted by atomic mass is 19.4. The molecule has 1 aromatic rings. The van der Waals surface area contributed by atoms with Crippen molar-refractivity contribution < 1.29 is 17.9 Å². The van der Waals surface area contributed by atoms with E-state index in [2.05, 4.69) is 5.32 Å². The summed E-state index contributed by atoms with van der Waals surface area (Å²) in [5.74, 6) is 0.520.